The number of nitrogens with zero attached hydrogens (tertiary/aromatic N) is 1. The van der Waals surface area contributed by atoms with Gasteiger partial charge in [0.1, 0.15) is 5.82 Å². The number of hydrogen-bond acceptors (Lipinski definition) is 3. The van der Waals surface area contributed by atoms with Crippen molar-refractivity contribution in [3.05, 3.63) is 66.0 Å². The average molecular weight is 350 g/mol. The van der Waals surface area contributed by atoms with Gasteiger partial charge in [0.05, 0.1) is 6.26 Å². The molecule has 0 atom stereocenters. The number of amides is 1. The first-order chi connectivity index (χ1) is 11.4. The molecule has 2 aromatic carbocycles. The molecule has 128 valence electrons. The van der Waals surface area contributed by atoms with Crippen LogP contribution < -0.4 is 5.32 Å². The molecule has 0 heterocycles. The van der Waals surface area contributed by atoms with Gasteiger partial charge in [0.25, 0.3) is 0 Å². The fourth-order valence-electron chi connectivity index (χ4n) is 2.15. The number of carbonyl (C=O) groups is 1. The molecular weight excluding hydrogens is 331 g/mol. The molecule has 0 spiro atoms. The van der Waals surface area contributed by atoms with E-state index in [1.165, 1.54) is 18.2 Å². The van der Waals surface area contributed by atoms with Gasteiger partial charge in [0.2, 0.25) is 15.9 Å². The van der Waals surface area contributed by atoms with E-state index in [0.29, 0.717) is 5.69 Å². The molecule has 0 aliphatic carbocycles. The van der Waals surface area contributed by atoms with Gasteiger partial charge in [-0.15, -0.1) is 0 Å². The van der Waals surface area contributed by atoms with Gasteiger partial charge >= 0.3 is 0 Å². The number of carbonyl (C=O) groups excluding carboxylic acids is 1. The Kier molecular flexibility index (Phi) is 6.05. The molecule has 7 heteroatoms. The Labute approximate surface area is 141 Å². The minimum Gasteiger partial charge on any atom is -0.326 e. The van der Waals surface area contributed by atoms with Crippen LogP contribution in [0.4, 0.5) is 10.1 Å². The molecule has 0 unspecified atom stereocenters. The normalized spacial score (nSPS) is 11.5. The summed E-state index contributed by atoms with van der Waals surface area (Å²) in [6.07, 6.45) is 1.03. The van der Waals surface area contributed by atoms with E-state index < -0.39 is 15.8 Å². The molecular formula is C17H19FN2O3S. The highest BCUT2D eigenvalue weighted by atomic mass is 32.2. The zero-order valence-electron chi connectivity index (χ0n) is 13.3. The molecule has 0 aliphatic rings. The molecule has 24 heavy (non-hydrogen) atoms. The summed E-state index contributed by atoms with van der Waals surface area (Å²) >= 11 is 0. The first-order valence-electron chi connectivity index (χ1n) is 7.39. The Morgan fingerprint density at radius 1 is 1.08 bits per heavy atom. The van der Waals surface area contributed by atoms with E-state index in [1.54, 1.807) is 30.3 Å². The van der Waals surface area contributed by atoms with Crippen LogP contribution in [0.2, 0.25) is 0 Å². The van der Waals surface area contributed by atoms with Gasteiger partial charge in [-0.1, -0.05) is 36.4 Å². The summed E-state index contributed by atoms with van der Waals surface area (Å²) in [5.74, 6) is -0.775. The average Bonchev–Trinajstić information content (AvgIpc) is 2.53. The van der Waals surface area contributed by atoms with Crippen LogP contribution in [0, 0.1) is 5.82 Å². The van der Waals surface area contributed by atoms with Crippen molar-refractivity contribution in [1.29, 1.82) is 0 Å². The fraction of sp³-hybridized carbons (Fsp3) is 0.235. The highest BCUT2D eigenvalue weighted by molar-refractivity contribution is 7.88. The molecule has 0 radical (unpaired) electrons. The van der Waals surface area contributed by atoms with Gasteiger partial charge in [-0.2, -0.15) is 4.31 Å². The molecule has 0 fully saturated rings. The quantitative estimate of drug-likeness (QED) is 0.835. The number of hydrogen-bond donors (Lipinski definition) is 1. The third-order valence-electron chi connectivity index (χ3n) is 3.42. The number of benzene rings is 2. The molecule has 2 rings (SSSR count). The highest BCUT2D eigenvalue weighted by Gasteiger charge is 2.19. The largest absolute Gasteiger partial charge is 0.326 e. The van der Waals surface area contributed by atoms with Crippen molar-refractivity contribution in [3.8, 4) is 0 Å². The number of rotatable bonds is 7. The third-order valence-corrected chi connectivity index (χ3v) is 4.67. The summed E-state index contributed by atoms with van der Waals surface area (Å²) in [5, 5.41) is 2.69. The molecule has 0 bridgehead atoms. The van der Waals surface area contributed by atoms with E-state index in [4.69, 9.17) is 0 Å². The lowest BCUT2D eigenvalue weighted by atomic mass is 10.2. The summed E-state index contributed by atoms with van der Waals surface area (Å²) < 4.78 is 38.6. The van der Waals surface area contributed by atoms with E-state index in [2.05, 4.69) is 5.32 Å². The van der Waals surface area contributed by atoms with E-state index in [-0.39, 0.29) is 31.0 Å². The summed E-state index contributed by atoms with van der Waals surface area (Å²) in [6, 6.07) is 14.9. The molecule has 1 N–H and O–H groups in total. The standard InChI is InChI=1S/C17H19FN2O3S/c1-24(22,23)20(13-14-7-5-6-10-16(14)18)12-11-17(21)19-15-8-3-2-4-9-15/h2-10H,11-13H2,1H3,(H,19,21). The molecule has 2 aromatic rings. The summed E-state index contributed by atoms with van der Waals surface area (Å²) in [4.78, 5) is 12.0. The Morgan fingerprint density at radius 2 is 1.71 bits per heavy atom. The van der Waals surface area contributed by atoms with Crippen LogP contribution in [0.1, 0.15) is 12.0 Å². The second-order valence-electron chi connectivity index (χ2n) is 5.35. The summed E-state index contributed by atoms with van der Waals surface area (Å²) in [6.45, 7) is -0.129. The Hall–Kier alpha value is -2.25. The Morgan fingerprint density at radius 3 is 2.33 bits per heavy atom. The minimum absolute atomic E-state index is 0.0174. The zero-order valence-corrected chi connectivity index (χ0v) is 14.1. The molecule has 0 aromatic heterocycles. The van der Waals surface area contributed by atoms with Gasteiger partial charge in [-0.25, -0.2) is 12.8 Å². The number of sulfonamides is 1. The molecule has 5 nitrogen and oxygen atoms in total. The lowest BCUT2D eigenvalue weighted by Crippen LogP contribution is -2.32. The second kappa shape index (κ2) is 8.03. The Balaban J connectivity index is 2.00. The van der Waals surface area contributed by atoms with Gasteiger partial charge in [0.15, 0.2) is 0 Å². The van der Waals surface area contributed by atoms with E-state index in [0.717, 1.165) is 10.6 Å². The van der Waals surface area contributed by atoms with Crippen molar-refractivity contribution in [3.63, 3.8) is 0 Å². The first-order valence-corrected chi connectivity index (χ1v) is 9.24. The lowest BCUT2D eigenvalue weighted by molar-refractivity contribution is -0.116. The number of anilines is 1. The smallest absolute Gasteiger partial charge is 0.225 e. The number of nitrogens with one attached hydrogen (secondary N) is 1. The number of halogens is 1. The summed E-state index contributed by atoms with van der Waals surface area (Å²) in [7, 11) is -3.56. The van der Waals surface area contributed by atoms with Gasteiger partial charge in [-0.05, 0) is 18.2 Å². The maximum absolute atomic E-state index is 13.7. The molecule has 0 saturated carbocycles. The van der Waals surface area contributed by atoms with Crippen molar-refractivity contribution in [2.75, 3.05) is 18.1 Å². The highest BCUT2D eigenvalue weighted by Crippen LogP contribution is 2.13. The van der Waals surface area contributed by atoms with Crippen molar-refractivity contribution in [2.24, 2.45) is 0 Å². The second-order valence-corrected chi connectivity index (χ2v) is 7.33. The predicted octanol–water partition coefficient (Wildman–Crippen LogP) is 2.62. The van der Waals surface area contributed by atoms with Crippen LogP contribution in [0.5, 0.6) is 0 Å². The van der Waals surface area contributed by atoms with E-state index in [9.17, 15) is 17.6 Å². The van der Waals surface area contributed by atoms with Crippen molar-refractivity contribution in [2.45, 2.75) is 13.0 Å². The first kappa shape index (κ1) is 18.1. The van der Waals surface area contributed by atoms with Crippen LogP contribution in [-0.2, 0) is 21.4 Å². The van der Waals surface area contributed by atoms with Crippen LogP contribution >= 0.6 is 0 Å². The van der Waals surface area contributed by atoms with Crippen LogP contribution in [0.25, 0.3) is 0 Å². The van der Waals surface area contributed by atoms with Crippen molar-refractivity contribution < 1.29 is 17.6 Å². The fourth-order valence-corrected chi connectivity index (χ4v) is 2.95. The van der Waals surface area contributed by atoms with Crippen molar-refractivity contribution in [1.82, 2.24) is 4.31 Å². The van der Waals surface area contributed by atoms with Gasteiger partial charge in [-0.3, -0.25) is 4.79 Å². The van der Waals surface area contributed by atoms with Crippen molar-refractivity contribution >= 4 is 21.6 Å². The SMILES string of the molecule is CS(=O)(=O)N(CCC(=O)Nc1ccccc1)Cc1ccccc1F. The Bertz CT molecular complexity index is 794. The van der Waals surface area contributed by atoms with Gasteiger partial charge in [0, 0.05) is 30.8 Å². The topological polar surface area (TPSA) is 66.5 Å². The summed E-state index contributed by atoms with van der Waals surface area (Å²) in [5.41, 5.74) is 0.911. The predicted molar refractivity (Wildman–Crippen MR) is 91.3 cm³/mol. The third kappa shape index (κ3) is 5.43. The van der Waals surface area contributed by atoms with Crippen LogP contribution in [-0.4, -0.2) is 31.4 Å². The van der Waals surface area contributed by atoms with Crippen LogP contribution in [0.3, 0.4) is 0 Å². The maximum Gasteiger partial charge on any atom is 0.225 e. The molecule has 1 amide bonds. The zero-order chi connectivity index (χ0) is 17.6. The molecule has 0 saturated heterocycles. The van der Waals surface area contributed by atoms with Gasteiger partial charge < -0.3 is 5.32 Å². The van der Waals surface area contributed by atoms with E-state index >= 15 is 0 Å². The molecule has 0 aliphatic heterocycles. The van der Waals surface area contributed by atoms with E-state index in [1.807, 2.05) is 6.07 Å². The minimum atomic E-state index is -3.56. The number of para-hydroxylation sites is 1. The lowest BCUT2D eigenvalue weighted by Gasteiger charge is -2.20. The maximum atomic E-state index is 13.7. The monoisotopic (exact) mass is 350 g/mol. The van der Waals surface area contributed by atoms with Crippen LogP contribution in [0.15, 0.2) is 54.6 Å².